The zero-order valence-corrected chi connectivity index (χ0v) is 7.74. The highest BCUT2D eigenvalue weighted by Crippen LogP contribution is 2.15. The predicted molar refractivity (Wildman–Crippen MR) is 42.6 cm³/mol. The summed E-state index contributed by atoms with van der Waals surface area (Å²) in [7, 11) is -3.41. The van der Waals surface area contributed by atoms with Crippen LogP contribution >= 0.6 is 0 Å². The number of carboxylic acids is 1. The standard InChI is InChI=1S/C6H9NO5S/c1-4(8)7-3-13(11,12)2-5(7)6(9)10/h5H,2-3H2,1H3,(H,9,10). The first kappa shape index (κ1) is 9.97. The monoisotopic (exact) mass is 207 g/mol. The fourth-order valence-corrected chi connectivity index (χ4v) is 2.89. The van der Waals surface area contributed by atoms with Gasteiger partial charge in [-0.2, -0.15) is 0 Å². The SMILES string of the molecule is CC(=O)N1CS(=O)(=O)CC1C(=O)O. The van der Waals surface area contributed by atoms with Crippen LogP contribution in [0.25, 0.3) is 0 Å². The van der Waals surface area contributed by atoms with Crippen LogP contribution < -0.4 is 0 Å². The Hall–Kier alpha value is -1.11. The van der Waals surface area contributed by atoms with Crippen molar-refractivity contribution in [3.05, 3.63) is 0 Å². The molecule has 0 aromatic heterocycles. The van der Waals surface area contributed by atoms with Crippen molar-refractivity contribution in [2.75, 3.05) is 11.6 Å². The van der Waals surface area contributed by atoms with Crippen molar-refractivity contribution in [2.45, 2.75) is 13.0 Å². The molecule has 0 aliphatic carbocycles. The second-order valence-corrected chi connectivity index (χ2v) is 4.96. The third kappa shape index (κ3) is 1.97. The highest BCUT2D eigenvalue weighted by Gasteiger charge is 2.41. The molecule has 1 heterocycles. The van der Waals surface area contributed by atoms with Crippen LogP contribution in [-0.2, 0) is 19.4 Å². The van der Waals surface area contributed by atoms with E-state index in [1.54, 1.807) is 0 Å². The normalized spacial score (nSPS) is 25.9. The van der Waals surface area contributed by atoms with Crippen LogP contribution in [0.5, 0.6) is 0 Å². The minimum atomic E-state index is -3.41. The van der Waals surface area contributed by atoms with Gasteiger partial charge in [0.15, 0.2) is 9.84 Å². The van der Waals surface area contributed by atoms with E-state index in [2.05, 4.69) is 0 Å². The largest absolute Gasteiger partial charge is 0.480 e. The van der Waals surface area contributed by atoms with Crippen LogP contribution in [0.1, 0.15) is 6.92 Å². The van der Waals surface area contributed by atoms with Crippen molar-refractivity contribution < 1.29 is 23.1 Å². The summed E-state index contributed by atoms with van der Waals surface area (Å²) < 4.78 is 22.0. The topological polar surface area (TPSA) is 91.8 Å². The summed E-state index contributed by atoms with van der Waals surface area (Å²) in [6.07, 6.45) is 0. The number of hydrogen-bond donors (Lipinski definition) is 1. The summed E-state index contributed by atoms with van der Waals surface area (Å²) in [4.78, 5) is 22.2. The molecule has 74 valence electrons. The summed E-state index contributed by atoms with van der Waals surface area (Å²) in [5, 5.41) is 8.61. The number of rotatable bonds is 1. The minimum absolute atomic E-state index is 0.484. The van der Waals surface area contributed by atoms with Crippen molar-refractivity contribution in [1.82, 2.24) is 4.90 Å². The Bertz CT molecular complexity index is 318. The Balaban J connectivity index is 2.97. The van der Waals surface area contributed by atoms with Gasteiger partial charge in [0.05, 0.1) is 5.75 Å². The Morgan fingerprint density at radius 1 is 1.46 bits per heavy atom. The molecule has 1 amide bonds. The Morgan fingerprint density at radius 3 is 2.31 bits per heavy atom. The lowest BCUT2D eigenvalue weighted by Gasteiger charge is -2.16. The van der Waals surface area contributed by atoms with Crippen molar-refractivity contribution in [1.29, 1.82) is 0 Å². The summed E-state index contributed by atoms with van der Waals surface area (Å²) >= 11 is 0. The molecule has 1 unspecified atom stereocenters. The number of carboxylic acid groups (broad SMARTS) is 1. The summed E-state index contributed by atoms with van der Waals surface area (Å²) in [6.45, 7) is 1.15. The lowest BCUT2D eigenvalue weighted by molar-refractivity contribution is -0.146. The van der Waals surface area contributed by atoms with E-state index in [-0.39, 0.29) is 0 Å². The molecule has 0 saturated carbocycles. The molecule has 0 aromatic rings. The van der Waals surface area contributed by atoms with Gasteiger partial charge in [0, 0.05) is 6.92 Å². The van der Waals surface area contributed by atoms with Crippen LogP contribution in [0.4, 0.5) is 0 Å². The third-order valence-corrected chi connectivity index (χ3v) is 3.31. The van der Waals surface area contributed by atoms with E-state index in [1.165, 1.54) is 0 Å². The molecule has 13 heavy (non-hydrogen) atoms. The van der Waals surface area contributed by atoms with Crippen molar-refractivity contribution in [2.24, 2.45) is 0 Å². The van der Waals surface area contributed by atoms with E-state index in [4.69, 9.17) is 5.11 Å². The molecule has 1 N–H and O–H groups in total. The molecule has 0 aromatic carbocycles. The third-order valence-electron chi connectivity index (χ3n) is 1.81. The second-order valence-electron chi connectivity index (χ2n) is 2.88. The quantitative estimate of drug-likeness (QED) is 0.575. The molecular weight excluding hydrogens is 198 g/mol. The molecule has 1 aliphatic heterocycles. The van der Waals surface area contributed by atoms with Crippen molar-refractivity contribution in [3.63, 3.8) is 0 Å². The first-order chi connectivity index (χ1) is 5.83. The summed E-state index contributed by atoms with van der Waals surface area (Å²) in [5.41, 5.74) is 0. The van der Waals surface area contributed by atoms with E-state index < -0.39 is 39.4 Å². The number of carbonyl (C=O) groups excluding carboxylic acids is 1. The Labute approximate surface area is 75.1 Å². The maximum Gasteiger partial charge on any atom is 0.327 e. The lowest BCUT2D eigenvalue weighted by Crippen LogP contribution is -2.40. The summed E-state index contributed by atoms with van der Waals surface area (Å²) in [6, 6.07) is -1.22. The van der Waals surface area contributed by atoms with Gasteiger partial charge in [0.1, 0.15) is 11.9 Å². The fourth-order valence-electron chi connectivity index (χ4n) is 1.20. The molecule has 1 saturated heterocycles. The average molecular weight is 207 g/mol. The number of aliphatic carboxylic acids is 1. The van der Waals surface area contributed by atoms with Gasteiger partial charge >= 0.3 is 5.97 Å². The van der Waals surface area contributed by atoms with E-state index in [1.807, 2.05) is 0 Å². The number of amides is 1. The molecule has 0 radical (unpaired) electrons. The molecule has 7 heteroatoms. The molecule has 0 spiro atoms. The molecule has 0 bridgehead atoms. The highest BCUT2D eigenvalue weighted by atomic mass is 32.2. The van der Waals surface area contributed by atoms with Crippen LogP contribution in [0.3, 0.4) is 0 Å². The maximum absolute atomic E-state index is 11.0. The summed E-state index contributed by atoms with van der Waals surface area (Å²) in [5.74, 6) is -2.79. The minimum Gasteiger partial charge on any atom is -0.480 e. The first-order valence-corrected chi connectivity index (χ1v) is 5.36. The van der Waals surface area contributed by atoms with Gasteiger partial charge in [-0.3, -0.25) is 4.79 Å². The molecule has 1 rings (SSSR count). The lowest BCUT2D eigenvalue weighted by atomic mass is 10.3. The maximum atomic E-state index is 11.0. The number of nitrogens with zero attached hydrogens (tertiary/aromatic N) is 1. The van der Waals surface area contributed by atoms with Gasteiger partial charge in [-0.05, 0) is 0 Å². The van der Waals surface area contributed by atoms with Crippen LogP contribution in [0, 0.1) is 0 Å². The second kappa shape index (κ2) is 2.99. The van der Waals surface area contributed by atoms with Crippen LogP contribution in [0.2, 0.25) is 0 Å². The molecule has 1 aliphatic rings. The van der Waals surface area contributed by atoms with Crippen molar-refractivity contribution >= 4 is 21.7 Å². The van der Waals surface area contributed by atoms with Gasteiger partial charge < -0.3 is 10.0 Å². The zero-order chi connectivity index (χ0) is 10.2. The van der Waals surface area contributed by atoms with Gasteiger partial charge in [-0.1, -0.05) is 0 Å². The molecular formula is C6H9NO5S. The Morgan fingerprint density at radius 2 is 2.00 bits per heavy atom. The molecule has 1 fully saturated rings. The van der Waals surface area contributed by atoms with Gasteiger partial charge in [-0.25, -0.2) is 13.2 Å². The number of sulfone groups is 1. The van der Waals surface area contributed by atoms with Crippen LogP contribution in [0.15, 0.2) is 0 Å². The fraction of sp³-hybridized carbons (Fsp3) is 0.667. The smallest absolute Gasteiger partial charge is 0.327 e. The van der Waals surface area contributed by atoms with E-state index in [0.29, 0.717) is 0 Å². The number of carbonyl (C=O) groups is 2. The van der Waals surface area contributed by atoms with E-state index in [9.17, 15) is 18.0 Å². The van der Waals surface area contributed by atoms with Crippen molar-refractivity contribution in [3.8, 4) is 0 Å². The van der Waals surface area contributed by atoms with Gasteiger partial charge in [-0.15, -0.1) is 0 Å². The van der Waals surface area contributed by atoms with E-state index in [0.717, 1.165) is 11.8 Å². The molecule has 1 atom stereocenters. The first-order valence-electron chi connectivity index (χ1n) is 3.54. The van der Waals surface area contributed by atoms with Gasteiger partial charge in [0.2, 0.25) is 5.91 Å². The zero-order valence-electron chi connectivity index (χ0n) is 6.93. The number of hydrogen-bond acceptors (Lipinski definition) is 4. The predicted octanol–water partition coefficient (Wildman–Crippen LogP) is -1.33. The van der Waals surface area contributed by atoms with Gasteiger partial charge in [0.25, 0.3) is 0 Å². The highest BCUT2D eigenvalue weighted by molar-refractivity contribution is 7.91. The molecule has 6 nitrogen and oxygen atoms in total. The Kier molecular flexibility index (Phi) is 2.29. The van der Waals surface area contributed by atoms with E-state index >= 15 is 0 Å². The average Bonchev–Trinajstić information content (AvgIpc) is 2.26. The van der Waals surface area contributed by atoms with Crippen LogP contribution in [-0.4, -0.2) is 48.0 Å².